The van der Waals surface area contributed by atoms with Crippen LogP contribution >= 0.6 is 0 Å². The highest BCUT2D eigenvalue weighted by atomic mass is 14.9. The van der Waals surface area contributed by atoms with Crippen LogP contribution < -0.4 is 5.32 Å². The number of anilines is 2. The van der Waals surface area contributed by atoms with E-state index < -0.39 is 0 Å². The first-order chi connectivity index (χ1) is 10.8. The zero-order chi connectivity index (χ0) is 15.2. The summed E-state index contributed by atoms with van der Waals surface area (Å²) in [5, 5.41) is 3.37. The Bertz CT molecular complexity index is 745. The molecule has 0 unspecified atom stereocenters. The van der Waals surface area contributed by atoms with Crippen LogP contribution in [0.25, 0.3) is 0 Å². The fourth-order valence-electron chi connectivity index (χ4n) is 2.25. The van der Waals surface area contributed by atoms with Crippen LogP contribution in [0.5, 0.6) is 0 Å². The van der Waals surface area contributed by atoms with Crippen molar-refractivity contribution in [1.29, 1.82) is 0 Å². The molecule has 0 amide bonds. The van der Waals surface area contributed by atoms with Gasteiger partial charge in [0.05, 0.1) is 5.69 Å². The Morgan fingerprint density at radius 3 is 1.86 bits per heavy atom. The number of nitrogens with one attached hydrogen (secondary N) is 1. The summed E-state index contributed by atoms with van der Waals surface area (Å²) in [6.07, 6.45) is 0. The maximum absolute atomic E-state index is 4.67. The average Bonchev–Trinajstić information content (AvgIpc) is 2.58. The van der Waals surface area contributed by atoms with E-state index in [0.29, 0.717) is 0 Å². The van der Waals surface area contributed by atoms with Gasteiger partial charge in [-0.15, -0.1) is 0 Å². The summed E-state index contributed by atoms with van der Waals surface area (Å²) in [5.74, 6) is 0. The third kappa shape index (κ3) is 3.61. The SMILES string of the molecule is CC(=Nc1ccc(Nc2ccccc2)cc1)c1ccccc1. The van der Waals surface area contributed by atoms with Crippen LogP contribution in [-0.2, 0) is 0 Å². The van der Waals surface area contributed by atoms with Gasteiger partial charge in [-0.25, -0.2) is 0 Å². The van der Waals surface area contributed by atoms with Gasteiger partial charge in [0.1, 0.15) is 0 Å². The number of hydrogen-bond donors (Lipinski definition) is 1. The lowest BCUT2D eigenvalue weighted by Gasteiger charge is -2.06. The van der Waals surface area contributed by atoms with Crippen LogP contribution in [0.15, 0.2) is 89.9 Å². The molecule has 1 N–H and O–H groups in total. The van der Waals surface area contributed by atoms with E-state index >= 15 is 0 Å². The van der Waals surface area contributed by atoms with E-state index in [0.717, 1.165) is 28.3 Å². The molecule has 108 valence electrons. The van der Waals surface area contributed by atoms with Crippen LogP contribution in [0.2, 0.25) is 0 Å². The van der Waals surface area contributed by atoms with Crippen LogP contribution in [0.3, 0.4) is 0 Å². The zero-order valence-electron chi connectivity index (χ0n) is 12.5. The van der Waals surface area contributed by atoms with Crippen molar-refractivity contribution < 1.29 is 0 Å². The van der Waals surface area contributed by atoms with Gasteiger partial charge in [-0.05, 0) is 48.9 Å². The van der Waals surface area contributed by atoms with Crippen LogP contribution in [0.1, 0.15) is 12.5 Å². The Hall–Kier alpha value is -2.87. The first-order valence-electron chi connectivity index (χ1n) is 7.34. The van der Waals surface area contributed by atoms with Crippen molar-refractivity contribution in [2.45, 2.75) is 6.92 Å². The molecular formula is C20H18N2. The topological polar surface area (TPSA) is 24.4 Å². The molecule has 2 heteroatoms. The molecule has 0 heterocycles. The van der Waals surface area contributed by atoms with E-state index in [4.69, 9.17) is 0 Å². The van der Waals surface area contributed by atoms with Crippen molar-refractivity contribution >= 4 is 22.8 Å². The van der Waals surface area contributed by atoms with Gasteiger partial charge >= 0.3 is 0 Å². The fraction of sp³-hybridized carbons (Fsp3) is 0.0500. The van der Waals surface area contributed by atoms with Crippen LogP contribution in [0, 0.1) is 0 Å². The molecule has 0 atom stereocenters. The third-order valence-corrected chi connectivity index (χ3v) is 3.42. The molecule has 0 aliphatic heterocycles. The maximum atomic E-state index is 4.67. The molecule has 0 radical (unpaired) electrons. The summed E-state index contributed by atoms with van der Waals surface area (Å²) in [4.78, 5) is 4.67. The highest BCUT2D eigenvalue weighted by Gasteiger charge is 1.98. The first kappa shape index (κ1) is 14.1. The van der Waals surface area contributed by atoms with Gasteiger partial charge in [0.25, 0.3) is 0 Å². The average molecular weight is 286 g/mol. The predicted octanol–water partition coefficient (Wildman–Crippen LogP) is 5.57. The van der Waals surface area contributed by atoms with Crippen LogP contribution in [0.4, 0.5) is 17.1 Å². The van der Waals surface area contributed by atoms with Crippen molar-refractivity contribution in [2.75, 3.05) is 5.32 Å². The van der Waals surface area contributed by atoms with E-state index in [1.807, 2.05) is 79.7 Å². The second-order valence-electron chi connectivity index (χ2n) is 5.10. The fourth-order valence-corrected chi connectivity index (χ4v) is 2.25. The molecule has 0 aliphatic carbocycles. The smallest absolute Gasteiger partial charge is 0.0634 e. The third-order valence-electron chi connectivity index (χ3n) is 3.42. The van der Waals surface area contributed by atoms with Crippen molar-refractivity contribution in [3.63, 3.8) is 0 Å². The number of para-hydroxylation sites is 1. The summed E-state index contributed by atoms with van der Waals surface area (Å²) < 4.78 is 0. The molecule has 0 saturated carbocycles. The lowest BCUT2D eigenvalue weighted by atomic mass is 10.1. The second-order valence-corrected chi connectivity index (χ2v) is 5.10. The highest BCUT2D eigenvalue weighted by Crippen LogP contribution is 2.21. The van der Waals surface area contributed by atoms with E-state index in [-0.39, 0.29) is 0 Å². The number of hydrogen-bond acceptors (Lipinski definition) is 2. The van der Waals surface area contributed by atoms with Crippen molar-refractivity contribution in [3.05, 3.63) is 90.5 Å². The largest absolute Gasteiger partial charge is 0.356 e. The summed E-state index contributed by atoms with van der Waals surface area (Å²) in [5.41, 5.74) is 5.26. The molecule has 3 aromatic rings. The Balaban J connectivity index is 1.74. The van der Waals surface area contributed by atoms with Crippen molar-refractivity contribution in [1.82, 2.24) is 0 Å². The molecule has 0 fully saturated rings. The summed E-state index contributed by atoms with van der Waals surface area (Å²) >= 11 is 0. The molecule has 0 aliphatic rings. The summed E-state index contributed by atoms with van der Waals surface area (Å²) in [7, 11) is 0. The summed E-state index contributed by atoms with van der Waals surface area (Å²) in [6.45, 7) is 2.03. The van der Waals surface area contributed by atoms with Gasteiger partial charge in [0.2, 0.25) is 0 Å². The van der Waals surface area contributed by atoms with Crippen molar-refractivity contribution in [3.8, 4) is 0 Å². The molecule has 3 aromatic carbocycles. The van der Waals surface area contributed by atoms with Crippen LogP contribution in [-0.4, -0.2) is 5.71 Å². The summed E-state index contributed by atoms with van der Waals surface area (Å²) in [6, 6.07) is 28.5. The van der Waals surface area contributed by atoms with Gasteiger partial charge in [0.15, 0.2) is 0 Å². The van der Waals surface area contributed by atoms with Gasteiger partial charge in [-0.2, -0.15) is 0 Å². The standard InChI is InChI=1S/C20H18N2/c1-16(17-8-4-2-5-9-17)21-19-12-14-20(15-13-19)22-18-10-6-3-7-11-18/h2-15,22H,1H3. The van der Waals surface area contributed by atoms with Gasteiger partial charge in [-0.3, -0.25) is 4.99 Å². The Kier molecular flexibility index (Phi) is 4.30. The minimum absolute atomic E-state index is 0.958. The predicted molar refractivity (Wildman–Crippen MR) is 94.5 cm³/mol. The Morgan fingerprint density at radius 1 is 0.682 bits per heavy atom. The van der Waals surface area contributed by atoms with Gasteiger partial charge in [0, 0.05) is 17.1 Å². The first-order valence-corrected chi connectivity index (χ1v) is 7.34. The molecule has 22 heavy (non-hydrogen) atoms. The Labute approximate surface area is 131 Å². The lowest BCUT2D eigenvalue weighted by molar-refractivity contribution is 1.46. The van der Waals surface area contributed by atoms with E-state index in [9.17, 15) is 0 Å². The molecule has 0 spiro atoms. The van der Waals surface area contributed by atoms with Gasteiger partial charge < -0.3 is 5.32 Å². The number of rotatable bonds is 4. The van der Waals surface area contributed by atoms with Gasteiger partial charge in [-0.1, -0.05) is 48.5 Å². The molecule has 0 bridgehead atoms. The second kappa shape index (κ2) is 6.72. The van der Waals surface area contributed by atoms with Crippen molar-refractivity contribution in [2.24, 2.45) is 4.99 Å². The number of nitrogens with zero attached hydrogens (tertiary/aromatic N) is 1. The van der Waals surface area contributed by atoms with E-state index in [2.05, 4.69) is 22.4 Å². The Morgan fingerprint density at radius 2 is 1.23 bits per heavy atom. The normalized spacial score (nSPS) is 11.2. The molecular weight excluding hydrogens is 268 g/mol. The minimum Gasteiger partial charge on any atom is -0.356 e. The molecule has 3 rings (SSSR count). The quantitative estimate of drug-likeness (QED) is 0.623. The molecule has 2 nitrogen and oxygen atoms in total. The number of benzene rings is 3. The minimum atomic E-state index is 0.958. The monoisotopic (exact) mass is 286 g/mol. The molecule has 0 aromatic heterocycles. The van der Waals surface area contributed by atoms with E-state index in [1.54, 1.807) is 0 Å². The number of aliphatic imine (C=N–C) groups is 1. The highest BCUT2D eigenvalue weighted by molar-refractivity contribution is 6.00. The maximum Gasteiger partial charge on any atom is 0.0634 e. The zero-order valence-corrected chi connectivity index (χ0v) is 12.5. The van der Waals surface area contributed by atoms with E-state index in [1.165, 1.54) is 0 Å². The molecule has 0 saturated heterocycles. The lowest BCUT2D eigenvalue weighted by Crippen LogP contribution is -1.93.